The Bertz CT molecular complexity index is 895. The zero-order valence-electron chi connectivity index (χ0n) is 14.7. The minimum atomic E-state index is -1.08. The highest BCUT2D eigenvalue weighted by Gasteiger charge is 2.21. The van der Waals surface area contributed by atoms with Crippen LogP contribution in [0.1, 0.15) is 30.3 Å². The van der Waals surface area contributed by atoms with E-state index >= 15 is 0 Å². The van der Waals surface area contributed by atoms with Gasteiger partial charge in [0.05, 0.1) is 24.5 Å². The number of ether oxygens (including phenoxy) is 2. The number of halogens is 2. The molecule has 1 atom stereocenters. The molecule has 7 nitrogen and oxygen atoms in total. The van der Waals surface area contributed by atoms with Gasteiger partial charge in [-0.3, -0.25) is 9.59 Å². The second kappa shape index (κ2) is 8.26. The largest absolute Gasteiger partial charge is 0.478 e. The van der Waals surface area contributed by atoms with E-state index in [0.717, 1.165) is 35.7 Å². The minimum Gasteiger partial charge on any atom is -0.478 e. The molecule has 0 spiro atoms. The summed E-state index contributed by atoms with van der Waals surface area (Å²) < 4.78 is 38.7. The fraction of sp³-hybridized carbons (Fsp3) is 0.389. The maximum Gasteiger partial charge on any atom is 0.275 e. The predicted octanol–water partition coefficient (Wildman–Crippen LogP) is 1.82. The summed E-state index contributed by atoms with van der Waals surface area (Å²) >= 11 is 0. The van der Waals surface area contributed by atoms with Crippen molar-refractivity contribution in [2.24, 2.45) is 0 Å². The van der Waals surface area contributed by atoms with Gasteiger partial charge in [0.2, 0.25) is 11.3 Å². The molecule has 144 valence electrons. The van der Waals surface area contributed by atoms with E-state index in [0.29, 0.717) is 6.61 Å². The van der Waals surface area contributed by atoms with E-state index < -0.39 is 23.0 Å². The summed E-state index contributed by atoms with van der Waals surface area (Å²) in [5.41, 5.74) is -0.895. The summed E-state index contributed by atoms with van der Waals surface area (Å²) in [6.45, 7) is 2.82. The fourth-order valence-electron chi connectivity index (χ4n) is 2.75. The first-order chi connectivity index (χ1) is 13.0. The number of hydrogen-bond donors (Lipinski definition) is 1. The van der Waals surface area contributed by atoms with E-state index in [1.165, 1.54) is 6.07 Å². The van der Waals surface area contributed by atoms with Crippen LogP contribution < -0.4 is 15.5 Å². The van der Waals surface area contributed by atoms with Crippen molar-refractivity contribution in [1.29, 1.82) is 0 Å². The molecule has 0 saturated carbocycles. The van der Waals surface area contributed by atoms with Crippen LogP contribution in [0.25, 0.3) is 5.69 Å². The van der Waals surface area contributed by atoms with E-state index in [9.17, 15) is 18.4 Å². The number of aromatic nitrogens is 2. The van der Waals surface area contributed by atoms with Gasteiger partial charge in [-0.25, -0.2) is 13.5 Å². The van der Waals surface area contributed by atoms with Crippen LogP contribution in [-0.2, 0) is 4.74 Å². The van der Waals surface area contributed by atoms with Gasteiger partial charge in [-0.05, 0) is 31.9 Å². The molecule has 27 heavy (non-hydrogen) atoms. The van der Waals surface area contributed by atoms with Gasteiger partial charge < -0.3 is 14.8 Å². The second-order valence-electron chi connectivity index (χ2n) is 5.98. The molecule has 1 fully saturated rings. The number of amides is 1. The number of rotatable bonds is 6. The molecule has 9 heteroatoms. The molecule has 1 aliphatic rings. The lowest BCUT2D eigenvalue weighted by atomic mass is 10.2. The molecule has 0 radical (unpaired) electrons. The van der Waals surface area contributed by atoms with Gasteiger partial charge in [0.15, 0.2) is 17.3 Å². The Kier molecular flexibility index (Phi) is 5.80. The average Bonchev–Trinajstić information content (AvgIpc) is 3.16. The summed E-state index contributed by atoms with van der Waals surface area (Å²) in [5.74, 6) is -2.76. The first-order valence-corrected chi connectivity index (χ1v) is 8.62. The summed E-state index contributed by atoms with van der Waals surface area (Å²) in [4.78, 5) is 24.7. The quantitative estimate of drug-likeness (QED) is 0.828. The summed E-state index contributed by atoms with van der Waals surface area (Å²) in [6, 6.07) is 4.20. The molecule has 1 saturated heterocycles. The number of hydrogen-bond acceptors (Lipinski definition) is 5. The molecule has 1 aromatic heterocycles. The third kappa shape index (κ3) is 4.30. The standard InChI is InChI=1S/C18H19F2N3O4/c1-2-26-16-9-15(24)17(18(25)21-10-12-4-3-7-27-12)22-23(16)11-5-6-13(19)14(20)8-11/h5-6,8-9,12H,2-4,7,10H2,1H3,(H,21,25)/t12-/m1/s1. The molecule has 2 heterocycles. The van der Waals surface area contributed by atoms with Crippen LogP contribution in [0.3, 0.4) is 0 Å². The Balaban J connectivity index is 1.93. The predicted molar refractivity (Wildman–Crippen MR) is 92.2 cm³/mol. The highest BCUT2D eigenvalue weighted by atomic mass is 19.2. The number of nitrogens with one attached hydrogen (secondary N) is 1. The lowest BCUT2D eigenvalue weighted by molar-refractivity contribution is 0.0851. The van der Waals surface area contributed by atoms with Crippen molar-refractivity contribution in [2.45, 2.75) is 25.9 Å². The number of nitrogens with zero attached hydrogens (tertiary/aromatic N) is 2. The Hall–Kier alpha value is -2.81. The molecule has 1 amide bonds. The lowest BCUT2D eigenvalue weighted by Gasteiger charge is -2.14. The summed E-state index contributed by atoms with van der Waals surface area (Å²) in [6.07, 6.45) is 1.66. The Morgan fingerprint density at radius 2 is 2.19 bits per heavy atom. The maximum absolute atomic E-state index is 13.6. The van der Waals surface area contributed by atoms with Gasteiger partial charge in [0, 0.05) is 19.2 Å². The topological polar surface area (TPSA) is 82.5 Å². The Morgan fingerprint density at radius 3 is 2.85 bits per heavy atom. The van der Waals surface area contributed by atoms with Crippen LogP contribution in [0.5, 0.6) is 5.88 Å². The van der Waals surface area contributed by atoms with E-state index in [1.54, 1.807) is 6.92 Å². The van der Waals surface area contributed by atoms with Gasteiger partial charge >= 0.3 is 0 Å². The van der Waals surface area contributed by atoms with Gasteiger partial charge in [0.25, 0.3) is 5.91 Å². The number of benzene rings is 1. The van der Waals surface area contributed by atoms with E-state index in [4.69, 9.17) is 9.47 Å². The molecule has 1 aromatic carbocycles. The summed E-state index contributed by atoms with van der Waals surface area (Å²) in [7, 11) is 0. The van der Waals surface area contributed by atoms with Gasteiger partial charge in [0.1, 0.15) is 0 Å². The van der Waals surface area contributed by atoms with Gasteiger partial charge in [-0.2, -0.15) is 5.10 Å². The minimum absolute atomic E-state index is 0.0178. The SMILES string of the molecule is CCOc1cc(=O)c(C(=O)NC[C@H]2CCCO2)nn1-c1ccc(F)c(F)c1. The lowest BCUT2D eigenvalue weighted by Crippen LogP contribution is -2.36. The monoisotopic (exact) mass is 379 g/mol. The molecule has 1 N–H and O–H groups in total. The molecular weight excluding hydrogens is 360 g/mol. The molecule has 0 aliphatic carbocycles. The van der Waals surface area contributed by atoms with Crippen molar-refractivity contribution >= 4 is 5.91 Å². The zero-order valence-corrected chi connectivity index (χ0v) is 14.7. The highest BCUT2D eigenvalue weighted by Crippen LogP contribution is 2.18. The number of carbonyl (C=O) groups excluding carboxylic acids is 1. The van der Waals surface area contributed by atoms with Crippen LogP contribution in [0, 0.1) is 11.6 Å². The molecule has 2 aromatic rings. The first kappa shape index (κ1) is 19.0. The van der Waals surface area contributed by atoms with Crippen LogP contribution in [0.2, 0.25) is 0 Å². The molecule has 1 aliphatic heterocycles. The van der Waals surface area contributed by atoms with Crippen LogP contribution in [0.4, 0.5) is 8.78 Å². The Morgan fingerprint density at radius 1 is 1.37 bits per heavy atom. The second-order valence-corrected chi connectivity index (χ2v) is 5.98. The smallest absolute Gasteiger partial charge is 0.275 e. The van der Waals surface area contributed by atoms with Crippen molar-refractivity contribution in [1.82, 2.24) is 15.1 Å². The van der Waals surface area contributed by atoms with E-state index in [1.807, 2.05) is 0 Å². The van der Waals surface area contributed by atoms with Crippen molar-refractivity contribution in [3.63, 3.8) is 0 Å². The van der Waals surface area contributed by atoms with Gasteiger partial charge in [-0.15, -0.1) is 0 Å². The average molecular weight is 379 g/mol. The molecule has 3 rings (SSSR count). The number of carbonyl (C=O) groups is 1. The van der Waals surface area contributed by atoms with Crippen molar-refractivity contribution in [3.8, 4) is 11.6 Å². The van der Waals surface area contributed by atoms with Crippen LogP contribution >= 0.6 is 0 Å². The Labute approximate surface area is 153 Å². The van der Waals surface area contributed by atoms with Crippen molar-refractivity contribution in [2.75, 3.05) is 19.8 Å². The first-order valence-electron chi connectivity index (χ1n) is 8.62. The third-order valence-corrected chi connectivity index (χ3v) is 4.07. The molecule has 0 bridgehead atoms. The zero-order chi connectivity index (χ0) is 19.4. The normalized spacial score (nSPS) is 16.3. The third-order valence-electron chi connectivity index (χ3n) is 4.07. The molecule has 0 unspecified atom stereocenters. The fourth-order valence-corrected chi connectivity index (χ4v) is 2.75. The summed E-state index contributed by atoms with van der Waals surface area (Å²) in [5, 5.41) is 6.63. The van der Waals surface area contributed by atoms with Crippen molar-refractivity contribution in [3.05, 3.63) is 51.8 Å². The highest BCUT2D eigenvalue weighted by molar-refractivity contribution is 5.92. The van der Waals surface area contributed by atoms with Crippen LogP contribution in [0.15, 0.2) is 29.1 Å². The van der Waals surface area contributed by atoms with E-state index in [-0.39, 0.29) is 36.5 Å². The van der Waals surface area contributed by atoms with Crippen LogP contribution in [-0.4, -0.2) is 41.6 Å². The van der Waals surface area contributed by atoms with Crippen molar-refractivity contribution < 1.29 is 23.0 Å². The van der Waals surface area contributed by atoms with Gasteiger partial charge in [-0.1, -0.05) is 0 Å². The van der Waals surface area contributed by atoms with E-state index in [2.05, 4.69) is 10.4 Å². The maximum atomic E-state index is 13.6. The molecular formula is C18H19F2N3O4.